The van der Waals surface area contributed by atoms with Crippen molar-refractivity contribution < 1.29 is 19.5 Å². The second-order valence-electron chi connectivity index (χ2n) is 6.13. The number of carboxylic acids is 1. The first kappa shape index (κ1) is 19.2. The molecular weight excluding hydrogens is 300 g/mol. The number of urea groups is 1. The Balaban J connectivity index is 2.51. The lowest BCUT2D eigenvalue weighted by Crippen LogP contribution is -2.53. The van der Waals surface area contributed by atoms with Gasteiger partial charge >= 0.3 is 12.0 Å². The fourth-order valence-corrected chi connectivity index (χ4v) is 2.94. The van der Waals surface area contributed by atoms with Crippen LogP contribution in [-0.2, 0) is 9.59 Å². The smallest absolute Gasteiger partial charge is 0.326 e. The number of primary amides is 1. The van der Waals surface area contributed by atoms with Crippen LogP contribution in [0.5, 0.6) is 0 Å². The third-order valence-electron chi connectivity index (χ3n) is 4.24. The van der Waals surface area contributed by atoms with Gasteiger partial charge in [-0.25, -0.2) is 9.59 Å². The van der Waals surface area contributed by atoms with Gasteiger partial charge in [-0.2, -0.15) is 0 Å². The molecule has 0 radical (unpaired) electrons. The summed E-state index contributed by atoms with van der Waals surface area (Å²) < 4.78 is 0. The predicted molar refractivity (Wildman–Crippen MR) is 85.6 cm³/mol. The van der Waals surface area contributed by atoms with Crippen molar-refractivity contribution in [1.82, 2.24) is 10.6 Å². The number of hydrogen-bond acceptors (Lipinski definition) is 4. The van der Waals surface area contributed by atoms with Crippen LogP contribution < -0.4 is 22.1 Å². The van der Waals surface area contributed by atoms with Crippen LogP contribution in [0.25, 0.3) is 0 Å². The molecule has 0 aromatic heterocycles. The quantitative estimate of drug-likeness (QED) is 0.413. The zero-order valence-corrected chi connectivity index (χ0v) is 13.4. The van der Waals surface area contributed by atoms with E-state index in [-0.39, 0.29) is 6.42 Å². The maximum absolute atomic E-state index is 12.0. The van der Waals surface area contributed by atoms with Crippen LogP contribution in [-0.4, -0.2) is 41.6 Å². The molecule has 0 unspecified atom stereocenters. The van der Waals surface area contributed by atoms with Crippen molar-refractivity contribution in [2.24, 2.45) is 17.4 Å². The summed E-state index contributed by atoms with van der Waals surface area (Å²) in [7, 11) is 0. The van der Waals surface area contributed by atoms with Crippen LogP contribution in [0.4, 0.5) is 4.79 Å². The molecule has 0 spiro atoms. The number of carbonyl (C=O) groups is 3. The summed E-state index contributed by atoms with van der Waals surface area (Å²) >= 11 is 0. The van der Waals surface area contributed by atoms with Crippen LogP contribution in [0.1, 0.15) is 51.4 Å². The van der Waals surface area contributed by atoms with Gasteiger partial charge in [0, 0.05) is 0 Å². The molecule has 1 aliphatic rings. The lowest BCUT2D eigenvalue weighted by molar-refractivity contribution is -0.139. The maximum Gasteiger partial charge on any atom is 0.326 e. The third kappa shape index (κ3) is 7.32. The summed E-state index contributed by atoms with van der Waals surface area (Å²) in [6.07, 6.45) is 6.74. The molecule has 0 saturated heterocycles. The Labute approximate surface area is 136 Å². The standard InChI is InChI=1S/C15H28N4O4/c16-8-4-7-11(14(21)22)18-15(23)19-12(13(17)20)9-10-5-2-1-3-6-10/h10-12H,1-9,16H2,(H2,17,20)(H,21,22)(H2,18,19,23)/t11-,12+/m0/s1. The highest BCUT2D eigenvalue weighted by Gasteiger charge is 2.26. The van der Waals surface area contributed by atoms with E-state index in [1.807, 2.05) is 0 Å². The monoisotopic (exact) mass is 328 g/mol. The molecule has 132 valence electrons. The first-order chi connectivity index (χ1) is 10.9. The van der Waals surface area contributed by atoms with Crippen LogP contribution in [0, 0.1) is 5.92 Å². The summed E-state index contributed by atoms with van der Waals surface area (Å²) in [5.41, 5.74) is 10.7. The van der Waals surface area contributed by atoms with Gasteiger partial charge in [0.15, 0.2) is 0 Å². The van der Waals surface area contributed by atoms with Crippen molar-refractivity contribution in [3.63, 3.8) is 0 Å². The molecule has 23 heavy (non-hydrogen) atoms. The van der Waals surface area contributed by atoms with Gasteiger partial charge in [0.1, 0.15) is 12.1 Å². The summed E-state index contributed by atoms with van der Waals surface area (Å²) in [6, 6.07) is -2.49. The van der Waals surface area contributed by atoms with E-state index in [1.165, 1.54) is 6.42 Å². The van der Waals surface area contributed by atoms with Crippen molar-refractivity contribution >= 4 is 17.9 Å². The Morgan fingerprint density at radius 1 is 1.09 bits per heavy atom. The van der Waals surface area contributed by atoms with Crippen molar-refractivity contribution in [2.45, 2.75) is 63.5 Å². The first-order valence-corrected chi connectivity index (χ1v) is 8.23. The molecule has 0 aromatic carbocycles. The van der Waals surface area contributed by atoms with Gasteiger partial charge in [-0.05, 0) is 31.7 Å². The molecule has 0 bridgehead atoms. The predicted octanol–water partition coefficient (Wildman–Crippen LogP) is 0.302. The Hall–Kier alpha value is -1.83. The highest BCUT2D eigenvalue weighted by molar-refractivity contribution is 5.87. The van der Waals surface area contributed by atoms with Gasteiger partial charge in [-0.1, -0.05) is 32.1 Å². The second kappa shape index (κ2) is 10.0. The number of carbonyl (C=O) groups excluding carboxylic acids is 2. The molecule has 1 fully saturated rings. The molecule has 1 saturated carbocycles. The first-order valence-electron chi connectivity index (χ1n) is 8.23. The van der Waals surface area contributed by atoms with Gasteiger partial charge < -0.3 is 27.2 Å². The minimum Gasteiger partial charge on any atom is -0.480 e. The number of rotatable bonds is 9. The van der Waals surface area contributed by atoms with Crippen molar-refractivity contribution in [1.29, 1.82) is 0 Å². The van der Waals surface area contributed by atoms with Crippen molar-refractivity contribution in [3.05, 3.63) is 0 Å². The lowest BCUT2D eigenvalue weighted by atomic mass is 9.84. The second-order valence-corrected chi connectivity index (χ2v) is 6.13. The van der Waals surface area contributed by atoms with Crippen LogP contribution in [0.3, 0.4) is 0 Å². The molecule has 0 heterocycles. The van der Waals surface area contributed by atoms with E-state index in [4.69, 9.17) is 16.6 Å². The lowest BCUT2D eigenvalue weighted by Gasteiger charge is -2.26. The molecule has 2 atom stereocenters. The van der Waals surface area contributed by atoms with E-state index in [2.05, 4.69) is 10.6 Å². The molecule has 3 amide bonds. The van der Waals surface area contributed by atoms with Gasteiger partial charge in [-0.15, -0.1) is 0 Å². The number of carboxylic acid groups (broad SMARTS) is 1. The molecular formula is C15H28N4O4. The molecule has 1 rings (SSSR count). The zero-order chi connectivity index (χ0) is 17.2. The fraction of sp³-hybridized carbons (Fsp3) is 0.800. The molecule has 0 aliphatic heterocycles. The average Bonchev–Trinajstić information content (AvgIpc) is 2.51. The largest absolute Gasteiger partial charge is 0.480 e. The van der Waals surface area contributed by atoms with Crippen molar-refractivity contribution in [3.8, 4) is 0 Å². The van der Waals surface area contributed by atoms with E-state index >= 15 is 0 Å². The molecule has 8 nitrogen and oxygen atoms in total. The number of amides is 3. The van der Waals surface area contributed by atoms with E-state index in [9.17, 15) is 14.4 Å². The van der Waals surface area contributed by atoms with Gasteiger partial charge in [0.25, 0.3) is 0 Å². The summed E-state index contributed by atoms with van der Waals surface area (Å²) in [4.78, 5) is 34.6. The van der Waals surface area contributed by atoms with E-state index < -0.39 is 30.0 Å². The Morgan fingerprint density at radius 3 is 2.22 bits per heavy atom. The molecule has 7 N–H and O–H groups in total. The van der Waals surface area contributed by atoms with Crippen LogP contribution in [0.2, 0.25) is 0 Å². The molecule has 8 heteroatoms. The van der Waals surface area contributed by atoms with Crippen molar-refractivity contribution in [2.75, 3.05) is 6.54 Å². The van der Waals surface area contributed by atoms with Crippen LogP contribution in [0.15, 0.2) is 0 Å². The number of nitrogens with two attached hydrogens (primary N) is 2. The summed E-state index contributed by atoms with van der Waals surface area (Å²) in [6.45, 7) is 0.346. The highest BCUT2D eigenvalue weighted by Crippen LogP contribution is 2.27. The van der Waals surface area contributed by atoms with E-state index in [1.54, 1.807) is 0 Å². The Kier molecular flexibility index (Phi) is 8.39. The molecule has 1 aliphatic carbocycles. The number of nitrogens with one attached hydrogen (secondary N) is 2. The van der Waals surface area contributed by atoms with E-state index in [0.717, 1.165) is 25.7 Å². The summed E-state index contributed by atoms with van der Waals surface area (Å²) in [5.74, 6) is -1.36. The minimum atomic E-state index is -1.13. The zero-order valence-electron chi connectivity index (χ0n) is 13.4. The van der Waals surface area contributed by atoms with Gasteiger partial charge in [0.2, 0.25) is 5.91 Å². The highest BCUT2D eigenvalue weighted by atomic mass is 16.4. The normalized spacial score (nSPS) is 18.0. The fourth-order valence-electron chi connectivity index (χ4n) is 2.94. The summed E-state index contributed by atoms with van der Waals surface area (Å²) in [5, 5.41) is 13.9. The van der Waals surface area contributed by atoms with E-state index in [0.29, 0.717) is 25.3 Å². The Bertz CT molecular complexity index is 410. The Morgan fingerprint density at radius 2 is 1.70 bits per heavy atom. The maximum atomic E-state index is 12.0. The SMILES string of the molecule is NCCC[C@H](NC(=O)N[C@H](CC1CCCCC1)C(N)=O)C(=O)O. The number of aliphatic carboxylic acids is 1. The van der Waals surface area contributed by atoms with Crippen LogP contribution >= 0.6 is 0 Å². The molecule has 0 aromatic rings. The van der Waals surface area contributed by atoms with Gasteiger partial charge in [-0.3, -0.25) is 4.79 Å². The van der Waals surface area contributed by atoms with Gasteiger partial charge in [0.05, 0.1) is 0 Å². The third-order valence-corrected chi connectivity index (χ3v) is 4.24. The average molecular weight is 328 g/mol. The minimum absolute atomic E-state index is 0.239. The number of hydrogen-bond donors (Lipinski definition) is 5. The topological polar surface area (TPSA) is 148 Å².